The van der Waals surface area contributed by atoms with Crippen LogP contribution in [0.25, 0.3) is 0 Å². The van der Waals surface area contributed by atoms with Gasteiger partial charge >= 0.3 is 0 Å². The monoisotopic (exact) mass is 210 g/mol. The Morgan fingerprint density at radius 1 is 1.14 bits per heavy atom. The van der Waals surface area contributed by atoms with Crippen molar-refractivity contribution in [2.24, 2.45) is 0 Å². The molecule has 0 atom stereocenters. The number of rotatable bonds is 1. The van der Waals surface area contributed by atoms with Crippen LogP contribution in [0.1, 0.15) is 11.1 Å². The Hall–Kier alpha value is -1.13. The van der Waals surface area contributed by atoms with Crippen molar-refractivity contribution in [2.45, 2.75) is 12.8 Å². The summed E-state index contributed by atoms with van der Waals surface area (Å²) in [5.74, 6) is 0. The highest BCUT2D eigenvalue weighted by molar-refractivity contribution is 7.89. The van der Waals surface area contributed by atoms with Crippen molar-refractivity contribution in [1.82, 2.24) is 0 Å². The fourth-order valence-corrected chi connectivity index (χ4v) is 2.24. The minimum absolute atomic E-state index is 0.108. The lowest BCUT2D eigenvalue weighted by Gasteiger charge is -2.14. The first-order valence-corrected chi connectivity index (χ1v) is 5.75. The highest BCUT2D eigenvalue weighted by Crippen LogP contribution is 2.23. The second kappa shape index (κ2) is 3.22. The minimum Gasteiger partial charge on any atom is -0.282 e. The molecule has 0 bridgehead atoms. The first-order valence-electron chi connectivity index (χ1n) is 4.30. The van der Waals surface area contributed by atoms with Gasteiger partial charge in [-0.15, -0.1) is 0 Å². The van der Waals surface area contributed by atoms with E-state index in [0.717, 1.165) is 11.1 Å². The fourth-order valence-electron chi connectivity index (χ4n) is 1.61. The SMILES string of the molecule is O=S(=O)(O)C1=CCc2ccccc2C1. The molecule has 3 nitrogen and oxygen atoms in total. The Labute approximate surface area is 82.8 Å². The van der Waals surface area contributed by atoms with Crippen molar-refractivity contribution in [3.05, 3.63) is 46.4 Å². The summed E-state index contributed by atoms with van der Waals surface area (Å²) in [5.41, 5.74) is 2.10. The summed E-state index contributed by atoms with van der Waals surface area (Å²) in [6.45, 7) is 0. The van der Waals surface area contributed by atoms with E-state index in [9.17, 15) is 8.42 Å². The maximum Gasteiger partial charge on any atom is 0.290 e. The Morgan fingerprint density at radius 3 is 2.43 bits per heavy atom. The summed E-state index contributed by atoms with van der Waals surface area (Å²) in [6, 6.07) is 7.64. The Bertz CT molecular complexity index is 486. The molecule has 1 aromatic carbocycles. The topological polar surface area (TPSA) is 54.4 Å². The molecule has 1 aromatic rings. The predicted molar refractivity (Wildman–Crippen MR) is 53.5 cm³/mol. The van der Waals surface area contributed by atoms with E-state index in [4.69, 9.17) is 4.55 Å². The van der Waals surface area contributed by atoms with E-state index in [0.29, 0.717) is 12.8 Å². The zero-order valence-electron chi connectivity index (χ0n) is 7.47. The number of fused-ring (bicyclic) bond motifs is 1. The second-order valence-corrected chi connectivity index (χ2v) is 4.77. The molecule has 0 fully saturated rings. The van der Waals surface area contributed by atoms with E-state index in [1.165, 1.54) is 0 Å². The molecule has 0 aliphatic heterocycles. The molecule has 0 saturated carbocycles. The average Bonchev–Trinajstić information content (AvgIpc) is 2.16. The smallest absolute Gasteiger partial charge is 0.282 e. The lowest BCUT2D eigenvalue weighted by Crippen LogP contribution is -2.10. The quantitative estimate of drug-likeness (QED) is 0.715. The van der Waals surface area contributed by atoms with Crippen molar-refractivity contribution >= 4 is 10.1 Å². The summed E-state index contributed by atoms with van der Waals surface area (Å²) < 4.78 is 30.6. The molecular weight excluding hydrogens is 200 g/mol. The van der Waals surface area contributed by atoms with Crippen LogP contribution in [-0.2, 0) is 23.0 Å². The summed E-state index contributed by atoms with van der Waals surface area (Å²) in [6.07, 6.45) is 2.44. The normalized spacial score (nSPS) is 15.9. The van der Waals surface area contributed by atoms with Crippen LogP contribution >= 0.6 is 0 Å². The maximum absolute atomic E-state index is 10.9. The van der Waals surface area contributed by atoms with Gasteiger partial charge in [-0.1, -0.05) is 30.3 Å². The number of hydrogen-bond acceptors (Lipinski definition) is 2. The second-order valence-electron chi connectivity index (χ2n) is 3.30. The van der Waals surface area contributed by atoms with Crippen LogP contribution in [0.2, 0.25) is 0 Å². The first-order chi connectivity index (χ1) is 6.57. The third-order valence-corrected chi connectivity index (χ3v) is 3.34. The standard InChI is InChI=1S/C10H10O3S/c11-14(12,13)10-6-5-8-3-1-2-4-9(8)7-10/h1-4,6H,5,7H2,(H,11,12,13). The van der Waals surface area contributed by atoms with Gasteiger partial charge in [0.2, 0.25) is 0 Å². The van der Waals surface area contributed by atoms with Crippen LogP contribution in [0, 0.1) is 0 Å². The van der Waals surface area contributed by atoms with Gasteiger partial charge < -0.3 is 0 Å². The summed E-state index contributed by atoms with van der Waals surface area (Å²) in [5, 5.41) is 0. The van der Waals surface area contributed by atoms with E-state index in [1.54, 1.807) is 6.08 Å². The van der Waals surface area contributed by atoms with Crippen molar-refractivity contribution < 1.29 is 13.0 Å². The Morgan fingerprint density at radius 2 is 1.79 bits per heavy atom. The van der Waals surface area contributed by atoms with Crippen LogP contribution in [0.3, 0.4) is 0 Å². The van der Waals surface area contributed by atoms with Crippen LogP contribution in [0.4, 0.5) is 0 Å². The molecule has 4 heteroatoms. The van der Waals surface area contributed by atoms with Crippen LogP contribution in [0.5, 0.6) is 0 Å². The molecule has 0 aromatic heterocycles. The third kappa shape index (κ3) is 1.71. The highest BCUT2D eigenvalue weighted by atomic mass is 32.2. The summed E-state index contributed by atoms with van der Waals surface area (Å²) >= 11 is 0. The molecule has 0 saturated heterocycles. The molecule has 14 heavy (non-hydrogen) atoms. The molecule has 0 heterocycles. The third-order valence-electron chi connectivity index (χ3n) is 2.36. The molecule has 1 aliphatic rings. The van der Waals surface area contributed by atoms with Crippen molar-refractivity contribution in [3.63, 3.8) is 0 Å². The van der Waals surface area contributed by atoms with Gasteiger partial charge in [0.1, 0.15) is 0 Å². The molecule has 1 N–H and O–H groups in total. The van der Waals surface area contributed by atoms with Gasteiger partial charge in [0.15, 0.2) is 0 Å². The van der Waals surface area contributed by atoms with Gasteiger partial charge in [-0.2, -0.15) is 8.42 Å². The van der Waals surface area contributed by atoms with E-state index in [-0.39, 0.29) is 4.91 Å². The largest absolute Gasteiger partial charge is 0.290 e. The summed E-state index contributed by atoms with van der Waals surface area (Å²) in [7, 11) is -4.01. The van der Waals surface area contributed by atoms with Gasteiger partial charge in [-0.3, -0.25) is 4.55 Å². The van der Waals surface area contributed by atoms with Crippen molar-refractivity contribution in [1.29, 1.82) is 0 Å². The predicted octanol–water partition coefficient (Wildman–Crippen LogP) is 1.56. The van der Waals surface area contributed by atoms with Crippen LogP contribution < -0.4 is 0 Å². The number of benzene rings is 1. The lowest BCUT2D eigenvalue weighted by molar-refractivity contribution is 0.489. The highest BCUT2D eigenvalue weighted by Gasteiger charge is 2.18. The van der Waals surface area contributed by atoms with E-state index >= 15 is 0 Å². The zero-order valence-corrected chi connectivity index (χ0v) is 8.29. The fraction of sp³-hybridized carbons (Fsp3) is 0.200. The maximum atomic E-state index is 10.9. The van der Waals surface area contributed by atoms with E-state index in [1.807, 2.05) is 24.3 Å². The van der Waals surface area contributed by atoms with Crippen LogP contribution in [0.15, 0.2) is 35.2 Å². The number of hydrogen-bond donors (Lipinski definition) is 1. The van der Waals surface area contributed by atoms with Gasteiger partial charge in [0.25, 0.3) is 10.1 Å². The zero-order chi connectivity index (χ0) is 10.2. The van der Waals surface area contributed by atoms with E-state index in [2.05, 4.69) is 0 Å². The molecule has 2 rings (SSSR count). The van der Waals surface area contributed by atoms with Crippen molar-refractivity contribution in [2.75, 3.05) is 0 Å². The van der Waals surface area contributed by atoms with E-state index < -0.39 is 10.1 Å². The lowest BCUT2D eigenvalue weighted by atomic mass is 9.97. The van der Waals surface area contributed by atoms with Gasteiger partial charge in [-0.25, -0.2) is 0 Å². The van der Waals surface area contributed by atoms with Crippen LogP contribution in [-0.4, -0.2) is 13.0 Å². The molecule has 0 radical (unpaired) electrons. The summed E-state index contributed by atoms with van der Waals surface area (Å²) in [4.78, 5) is 0.108. The van der Waals surface area contributed by atoms with Gasteiger partial charge in [0.05, 0.1) is 4.91 Å². The molecule has 0 spiro atoms. The molecule has 0 amide bonds. The average molecular weight is 210 g/mol. The first kappa shape index (κ1) is 9.43. The molecule has 74 valence electrons. The molecular formula is C10H10O3S. The Kier molecular flexibility index (Phi) is 2.17. The minimum atomic E-state index is -4.01. The van der Waals surface area contributed by atoms with Crippen molar-refractivity contribution in [3.8, 4) is 0 Å². The van der Waals surface area contributed by atoms with Gasteiger partial charge in [0, 0.05) is 6.42 Å². The Balaban J connectivity index is 2.39. The number of allylic oxidation sites excluding steroid dienone is 2. The molecule has 1 aliphatic carbocycles. The van der Waals surface area contributed by atoms with Gasteiger partial charge in [-0.05, 0) is 17.5 Å². The molecule has 0 unspecified atom stereocenters.